The maximum atomic E-state index is 12.7. The number of carbonyl (C=O) groups is 1. The SMILES string of the molecule is C[C@@H]1[C@H](CN2CCOCC2)O[C@H](c2cccc(NC(=O)c3ccccc3)c2)O[C@@H]1c1ccc(CO)cc1. The number of morpholine rings is 1. The number of aliphatic hydroxyl groups excluding tert-OH is 1. The number of ether oxygens (including phenoxy) is 3. The van der Waals surface area contributed by atoms with Crippen LogP contribution in [0.4, 0.5) is 5.69 Å². The minimum absolute atomic E-state index is 0.00818. The maximum Gasteiger partial charge on any atom is 0.255 e. The van der Waals surface area contributed by atoms with E-state index >= 15 is 0 Å². The zero-order valence-electron chi connectivity index (χ0n) is 21.1. The highest BCUT2D eigenvalue weighted by Crippen LogP contribution is 2.42. The maximum absolute atomic E-state index is 12.7. The first-order valence-electron chi connectivity index (χ1n) is 12.9. The zero-order chi connectivity index (χ0) is 25.6. The fraction of sp³-hybridized carbons (Fsp3) is 0.367. The van der Waals surface area contributed by atoms with Gasteiger partial charge in [0, 0.05) is 42.4 Å². The summed E-state index contributed by atoms with van der Waals surface area (Å²) in [6.07, 6.45) is -0.819. The molecular formula is C30H34N2O5. The third-order valence-electron chi connectivity index (χ3n) is 7.12. The second kappa shape index (κ2) is 12.0. The molecule has 1 amide bonds. The molecule has 2 aliphatic heterocycles. The van der Waals surface area contributed by atoms with Crippen LogP contribution < -0.4 is 5.32 Å². The van der Waals surface area contributed by atoms with Gasteiger partial charge in [0.1, 0.15) is 0 Å². The average Bonchev–Trinajstić information content (AvgIpc) is 2.95. The predicted molar refractivity (Wildman–Crippen MR) is 141 cm³/mol. The molecule has 0 radical (unpaired) electrons. The number of aliphatic hydroxyl groups is 1. The Morgan fingerprint density at radius 3 is 2.43 bits per heavy atom. The molecule has 7 nitrogen and oxygen atoms in total. The number of rotatable bonds is 7. The van der Waals surface area contributed by atoms with E-state index in [1.165, 1.54) is 0 Å². The van der Waals surface area contributed by atoms with E-state index in [1.807, 2.05) is 66.7 Å². The molecule has 2 N–H and O–H groups in total. The van der Waals surface area contributed by atoms with Gasteiger partial charge >= 0.3 is 0 Å². The van der Waals surface area contributed by atoms with Gasteiger partial charge in [-0.15, -0.1) is 0 Å². The van der Waals surface area contributed by atoms with Crippen molar-refractivity contribution >= 4 is 11.6 Å². The second-order valence-corrected chi connectivity index (χ2v) is 9.68. The topological polar surface area (TPSA) is 80.3 Å². The minimum Gasteiger partial charge on any atom is -0.392 e. The van der Waals surface area contributed by atoms with Gasteiger partial charge in [0.15, 0.2) is 6.29 Å². The first-order valence-corrected chi connectivity index (χ1v) is 12.9. The van der Waals surface area contributed by atoms with E-state index in [0.717, 1.165) is 49.5 Å². The Kier molecular flexibility index (Phi) is 8.28. The van der Waals surface area contributed by atoms with E-state index in [1.54, 1.807) is 12.1 Å². The normalized spacial score (nSPS) is 24.5. The Labute approximate surface area is 218 Å². The van der Waals surface area contributed by atoms with Gasteiger partial charge in [-0.1, -0.05) is 61.5 Å². The van der Waals surface area contributed by atoms with Crippen molar-refractivity contribution in [1.82, 2.24) is 4.90 Å². The number of anilines is 1. The van der Waals surface area contributed by atoms with Gasteiger partial charge < -0.3 is 24.6 Å². The molecule has 4 atom stereocenters. The molecule has 2 aliphatic rings. The van der Waals surface area contributed by atoms with Crippen LogP contribution in [0.5, 0.6) is 0 Å². The Morgan fingerprint density at radius 1 is 0.946 bits per heavy atom. The molecule has 0 bridgehead atoms. The summed E-state index contributed by atoms with van der Waals surface area (Å²) in [6, 6.07) is 24.7. The fourth-order valence-corrected chi connectivity index (χ4v) is 4.92. The molecule has 3 aromatic carbocycles. The molecule has 0 aliphatic carbocycles. The summed E-state index contributed by atoms with van der Waals surface area (Å²) in [5.41, 5.74) is 4.06. The van der Waals surface area contributed by atoms with Gasteiger partial charge in [0.2, 0.25) is 0 Å². The summed E-state index contributed by atoms with van der Waals surface area (Å²) in [7, 11) is 0. The van der Waals surface area contributed by atoms with Crippen LogP contribution in [0.3, 0.4) is 0 Å². The number of nitrogens with one attached hydrogen (secondary N) is 1. The summed E-state index contributed by atoms with van der Waals surface area (Å²) in [5, 5.41) is 12.5. The van der Waals surface area contributed by atoms with Crippen molar-refractivity contribution in [2.24, 2.45) is 5.92 Å². The van der Waals surface area contributed by atoms with Gasteiger partial charge in [0.05, 0.1) is 32.0 Å². The number of nitrogens with zero attached hydrogens (tertiary/aromatic N) is 1. The first-order chi connectivity index (χ1) is 18.1. The lowest BCUT2D eigenvalue weighted by Crippen LogP contribution is -2.47. The average molecular weight is 503 g/mol. The van der Waals surface area contributed by atoms with Crippen molar-refractivity contribution in [3.05, 3.63) is 101 Å². The molecule has 2 saturated heterocycles. The van der Waals surface area contributed by atoms with Crippen molar-refractivity contribution in [2.75, 3.05) is 38.2 Å². The van der Waals surface area contributed by atoms with E-state index in [0.29, 0.717) is 11.3 Å². The molecule has 2 heterocycles. The highest BCUT2D eigenvalue weighted by molar-refractivity contribution is 6.04. The Morgan fingerprint density at radius 2 is 1.70 bits per heavy atom. The molecule has 3 aromatic rings. The van der Waals surface area contributed by atoms with E-state index < -0.39 is 6.29 Å². The van der Waals surface area contributed by atoms with Crippen molar-refractivity contribution in [3.8, 4) is 0 Å². The molecular weight excluding hydrogens is 468 g/mol. The zero-order valence-corrected chi connectivity index (χ0v) is 21.1. The quantitative estimate of drug-likeness (QED) is 0.493. The third-order valence-corrected chi connectivity index (χ3v) is 7.12. The molecule has 5 rings (SSSR count). The van der Waals surface area contributed by atoms with Gasteiger partial charge in [-0.05, 0) is 35.4 Å². The van der Waals surface area contributed by atoms with Crippen molar-refractivity contribution < 1.29 is 24.1 Å². The molecule has 7 heteroatoms. The Hall–Kier alpha value is -3.07. The Balaban J connectivity index is 1.38. The summed E-state index contributed by atoms with van der Waals surface area (Å²) < 4.78 is 18.7. The number of benzene rings is 3. The third kappa shape index (κ3) is 6.26. The van der Waals surface area contributed by atoms with Crippen LogP contribution >= 0.6 is 0 Å². The molecule has 37 heavy (non-hydrogen) atoms. The number of amides is 1. The molecule has 2 fully saturated rings. The Bertz CT molecular complexity index is 1160. The van der Waals surface area contributed by atoms with Crippen molar-refractivity contribution in [3.63, 3.8) is 0 Å². The smallest absolute Gasteiger partial charge is 0.255 e. The summed E-state index contributed by atoms with van der Waals surface area (Å²) in [5.74, 6) is -0.0519. The highest BCUT2D eigenvalue weighted by Gasteiger charge is 2.39. The van der Waals surface area contributed by atoms with Crippen LogP contribution in [0.15, 0.2) is 78.9 Å². The monoisotopic (exact) mass is 502 g/mol. The van der Waals surface area contributed by atoms with Crippen LogP contribution in [0, 0.1) is 5.92 Å². The van der Waals surface area contributed by atoms with Crippen LogP contribution in [0.25, 0.3) is 0 Å². The van der Waals surface area contributed by atoms with Crippen molar-refractivity contribution in [1.29, 1.82) is 0 Å². The number of carbonyl (C=O) groups excluding carboxylic acids is 1. The van der Waals surface area contributed by atoms with Gasteiger partial charge in [-0.25, -0.2) is 0 Å². The summed E-state index contributed by atoms with van der Waals surface area (Å²) in [6.45, 7) is 6.20. The van der Waals surface area contributed by atoms with E-state index in [2.05, 4.69) is 17.1 Å². The van der Waals surface area contributed by atoms with Crippen LogP contribution in [-0.2, 0) is 20.8 Å². The highest BCUT2D eigenvalue weighted by atomic mass is 16.7. The van der Waals surface area contributed by atoms with Gasteiger partial charge in [-0.2, -0.15) is 0 Å². The van der Waals surface area contributed by atoms with E-state index in [9.17, 15) is 9.90 Å². The molecule has 0 saturated carbocycles. The lowest BCUT2D eigenvalue weighted by Gasteiger charge is -2.43. The first kappa shape index (κ1) is 25.6. The van der Waals surface area contributed by atoms with E-state index in [-0.39, 0.29) is 30.6 Å². The van der Waals surface area contributed by atoms with Crippen molar-refractivity contribution in [2.45, 2.75) is 32.0 Å². The lowest BCUT2D eigenvalue weighted by molar-refractivity contribution is -0.277. The van der Waals surface area contributed by atoms with Crippen LogP contribution in [0.1, 0.15) is 46.4 Å². The molecule has 0 aromatic heterocycles. The largest absolute Gasteiger partial charge is 0.392 e. The molecule has 0 spiro atoms. The summed E-state index contributed by atoms with van der Waals surface area (Å²) >= 11 is 0. The number of hydrogen-bond acceptors (Lipinski definition) is 6. The summed E-state index contributed by atoms with van der Waals surface area (Å²) in [4.78, 5) is 15.1. The van der Waals surface area contributed by atoms with Crippen LogP contribution in [0.2, 0.25) is 0 Å². The van der Waals surface area contributed by atoms with Gasteiger partial charge in [0.25, 0.3) is 5.91 Å². The van der Waals surface area contributed by atoms with E-state index in [4.69, 9.17) is 14.2 Å². The fourth-order valence-electron chi connectivity index (χ4n) is 4.92. The van der Waals surface area contributed by atoms with Crippen LogP contribution in [-0.4, -0.2) is 54.9 Å². The lowest BCUT2D eigenvalue weighted by atomic mass is 9.90. The molecule has 194 valence electrons. The standard InChI is InChI=1S/C30H34N2O5/c1-21-27(19-32-14-16-35-17-15-32)36-30(37-28(21)23-12-10-22(20-33)11-13-23)25-8-5-9-26(18-25)31-29(34)24-6-3-2-4-7-24/h2-13,18,21,27-28,30,33H,14-17,19-20H2,1H3,(H,31,34)/t21-,27+,28+,30+/m1/s1. The predicted octanol–water partition coefficient (Wildman–Crippen LogP) is 4.55. The molecule has 0 unspecified atom stereocenters. The minimum atomic E-state index is -0.585. The second-order valence-electron chi connectivity index (χ2n) is 9.68. The number of hydrogen-bond donors (Lipinski definition) is 2. The van der Waals surface area contributed by atoms with Gasteiger partial charge in [-0.3, -0.25) is 9.69 Å².